The van der Waals surface area contributed by atoms with Crippen LogP contribution in [0.15, 0.2) is 6.20 Å². The molecule has 0 unspecified atom stereocenters. The van der Waals surface area contributed by atoms with Crippen molar-refractivity contribution in [3.8, 4) is 0 Å². The topological polar surface area (TPSA) is 79.4 Å². The number of ether oxygens (including phenoxy) is 1. The first-order chi connectivity index (χ1) is 9.58. The zero-order valence-electron chi connectivity index (χ0n) is 13.9. The van der Waals surface area contributed by atoms with E-state index in [1.54, 1.807) is 17.8 Å². The number of nitrogens with two attached hydrogens (primary N) is 1. The Bertz CT molecular complexity index is 492. The van der Waals surface area contributed by atoms with Gasteiger partial charge in [0.05, 0.1) is 19.8 Å². The fourth-order valence-electron chi connectivity index (χ4n) is 1.53. The Labute approximate surface area is 127 Å². The Hall–Kier alpha value is -1.34. The van der Waals surface area contributed by atoms with E-state index in [9.17, 15) is 4.79 Å². The van der Waals surface area contributed by atoms with E-state index in [1.165, 1.54) is 0 Å². The lowest BCUT2D eigenvalue weighted by atomic mass is 10.2. The van der Waals surface area contributed by atoms with Crippen LogP contribution in [-0.2, 0) is 15.7 Å². The number of anilines is 1. The molecule has 120 valence electrons. The SMILES string of the molecule is CCOC(=O)c1cn(CCO[Si](C)(C)C(C)(C)C)nc1N. The molecule has 0 spiro atoms. The molecule has 6 nitrogen and oxygen atoms in total. The standard InChI is InChI=1S/C14H27N3O3Si/c1-7-19-13(18)11-10-17(16-12(11)15)8-9-20-21(5,6)14(2,3)4/h10H,7-9H2,1-6H3,(H2,15,16). The summed E-state index contributed by atoms with van der Waals surface area (Å²) in [6.45, 7) is 14.2. The monoisotopic (exact) mass is 313 g/mol. The van der Waals surface area contributed by atoms with E-state index >= 15 is 0 Å². The number of carbonyl (C=O) groups excluding carboxylic acids is 1. The molecule has 0 aliphatic carbocycles. The van der Waals surface area contributed by atoms with Crippen molar-refractivity contribution in [2.75, 3.05) is 18.9 Å². The van der Waals surface area contributed by atoms with Gasteiger partial charge < -0.3 is 14.9 Å². The van der Waals surface area contributed by atoms with Gasteiger partial charge in [-0.05, 0) is 25.1 Å². The van der Waals surface area contributed by atoms with Crippen molar-refractivity contribution in [1.29, 1.82) is 0 Å². The van der Waals surface area contributed by atoms with Crippen molar-refractivity contribution in [3.05, 3.63) is 11.8 Å². The third-order valence-electron chi connectivity index (χ3n) is 3.88. The van der Waals surface area contributed by atoms with E-state index in [0.717, 1.165) is 0 Å². The second-order valence-corrected chi connectivity index (χ2v) is 11.3. The number of carbonyl (C=O) groups is 1. The quantitative estimate of drug-likeness (QED) is 0.645. The van der Waals surface area contributed by atoms with E-state index < -0.39 is 14.3 Å². The highest BCUT2D eigenvalue weighted by atomic mass is 28.4. The van der Waals surface area contributed by atoms with Crippen molar-refractivity contribution < 1.29 is 14.0 Å². The van der Waals surface area contributed by atoms with Gasteiger partial charge in [0, 0.05) is 6.20 Å². The summed E-state index contributed by atoms with van der Waals surface area (Å²) in [6, 6.07) is 0. The Morgan fingerprint density at radius 3 is 2.57 bits per heavy atom. The molecule has 0 amide bonds. The Balaban J connectivity index is 2.62. The maximum atomic E-state index is 11.7. The lowest BCUT2D eigenvalue weighted by molar-refractivity contribution is 0.0527. The van der Waals surface area contributed by atoms with Crippen LogP contribution in [0, 0.1) is 0 Å². The molecule has 0 bridgehead atoms. The maximum Gasteiger partial charge on any atom is 0.343 e. The summed E-state index contributed by atoms with van der Waals surface area (Å²) in [5, 5.41) is 4.30. The molecule has 1 aromatic heterocycles. The minimum atomic E-state index is -1.76. The molecule has 0 saturated carbocycles. The second-order valence-electron chi connectivity index (χ2n) is 6.52. The van der Waals surface area contributed by atoms with Gasteiger partial charge in [0.25, 0.3) is 0 Å². The third-order valence-corrected chi connectivity index (χ3v) is 8.41. The number of aromatic nitrogens is 2. The average molecular weight is 313 g/mol. The van der Waals surface area contributed by atoms with Crippen LogP contribution in [0.4, 0.5) is 5.82 Å². The molecule has 0 radical (unpaired) electrons. The highest BCUT2D eigenvalue weighted by molar-refractivity contribution is 6.74. The first-order valence-corrected chi connectivity index (χ1v) is 10.1. The van der Waals surface area contributed by atoms with Crippen molar-refractivity contribution in [3.63, 3.8) is 0 Å². The highest BCUT2D eigenvalue weighted by Gasteiger charge is 2.36. The molecule has 0 atom stereocenters. The zero-order valence-corrected chi connectivity index (χ0v) is 14.9. The summed E-state index contributed by atoms with van der Waals surface area (Å²) in [5.41, 5.74) is 6.04. The molecule has 7 heteroatoms. The summed E-state index contributed by atoms with van der Waals surface area (Å²) in [5.74, 6) is -0.243. The Kier molecular flexibility index (Phi) is 5.58. The van der Waals surface area contributed by atoms with Gasteiger partial charge in [-0.2, -0.15) is 5.10 Å². The molecule has 21 heavy (non-hydrogen) atoms. The van der Waals surface area contributed by atoms with Crippen LogP contribution in [0.3, 0.4) is 0 Å². The summed E-state index contributed by atoms with van der Waals surface area (Å²) in [7, 11) is -1.76. The molecule has 2 N–H and O–H groups in total. The van der Waals surface area contributed by atoms with E-state index in [-0.39, 0.29) is 10.9 Å². The van der Waals surface area contributed by atoms with E-state index in [2.05, 4.69) is 39.0 Å². The van der Waals surface area contributed by atoms with Gasteiger partial charge in [-0.3, -0.25) is 4.68 Å². The lowest BCUT2D eigenvalue weighted by Gasteiger charge is -2.36. The first kappa shape index (κ1) is 17.7. The third kappa shape index (κ3) is 4.57. The van der Waals surface area contributed by atoms with Crippen LogP contribution in [-0.4, -0.2) is 37.3 Å². The lowest BCUT2D eigenvalue weighted by Crippen LogP contribution is -2.41. The van der Waals surface area contributed by atoms with Gasteiger partial charge in [0.1, 0.15) is 5.56 Å². The number of hydrogen-bond donors (Lipinski definition) is 1. The van der Waals surface area contributed by atoms with Crippen LogP contribution < -0.4 is 5.73 Å². The number of esters is 1. The van der Waals surface area contributed by atoms with Crippen LogP contribution in [0.2, 0.25) is 18.1 Å². The van der Waals surface area contributed by atoms with E-state index in [0.29, 0.717) is 25.3 Å². The number of nitrogens with zero attached hydrogens (tertiary/aromatic N) is 2. The second kappa shape index (κ2) is 6.61. The molecule has 0 aromatic carbocycles. The zero-order chi connectivity index (χ0) is 16.3. The molecular formula is C14H27N3O3Si. The molecule has 1 aromatic rings. The van der Waals surface area contributed by atoms with Crippen LogP contribution in [0.1, 0.15) is 38.1 Å². The highest BCUT2D eigenvalue weighted by Crippen LogP contribution is 2.36. The molecule has 0 aliphatic rings. The number of hydrogen-bond acceptors (Lipinski definition) is 5. The largest absolute Gasteiger partial charge is 0.462 e. The molecule has 1 heterocycles. The average Bonchev–Trinajstić information content (AvgIpc) is 2.69. The predicted molar refractivity (Wildman–Crippen MR) is 85.7 cm³/mol. The summed E-state index contributed by atoms with van der Waals surface area (Å²) in [4.78, 5) is 11.7. The van der Waals surface area contributed by atoms with Gasteiger partial charge in [-0.1, -0.05) is 20.8 Å². The fourth-order valence-corrected chi connectivity index (χ4v) is 2.56. The normalized spacial score (nSPS) is 12.5. The summed E-state index contributed by atoms with van der Waals surface area (Å²) in [6.07, 6.45) is 1.61. The van der Waals surface area contributed by atoms with Crippen molar-refractivity contribution in [2.24, 2.45) is 0 Å². The minimum Gasteiger partial charge on any atom is -0.462 e. The first-order valence-electron chi connectivity index (χ1n) is 7.22. The van der Waals surface area contributed by atoms with Crippen molar-refractivity contribution in [2.45, 2.75) is 52.4 Å². The van der Waals surface area contributed by atoms with Crippen LogP contribution in [0.5, 0.6) is 0 Å². The van der Waals surface area contributed by atoms with Crippen molar-refractivity contribution >= 4 is 20.1 Å². The van der Waals surface area contributed by atoms with Gasteiger partial charge in [0.2, 0.25) is 0 Å². The van der Waals surface area contributed by atoms with Gasteiger partial charge in [0.15, 0.2) is 14.1 Å². The van der Waals surface area contributed by atoms with Gasteiger partial charge in [-0.25, -0.2) is 4.79 Å². The molecular weight excluding hydrogens is 286 g/mol. The van der Waals surface area contributed by atoms with E-state index in [4.69, 9.17) is 14.9 Å². The Morgan fingerprint density at radius 1 is 1.43 bits per heavy atom. The van der Waals surface area contributed by atoms with Gasteiger partial charge >= 0.3 is 5.97 Å². The van der Waals surface area contributed by atoms with Crippen LogP contribution >= 0.6 is 0 Å². The summed E-state index contributed by atoms with van der Waals surface area (Å²) >= 11 is 0. The molecule has 1 rings (SSSR count). The molecule has 0 aliphatic heterocycles. The van der Waals surface area contributed by atoms with E-state index in [1.807, 2.05) is 0 Å². The Morgan fingerprint density at radius 2 is 2.05 bits per heavy atom. The summed E-state index contributed by atoms with van der Waals surface area (Å²) < 4.78 is 12.6. The predicted octanol–water partition coefficient (Wildman–Crippen LogP) is 2.66. The maximum absolute atomic E-state index is 11.7. The van der Waals surface area contributed by atoms with Crippen LogP contribution in [0.25, 0.3) is 0 Å². The number of rotatable bonds is 6. The molecule has 0 saturated heterocycles. The molecule has 0 fully saturated rings. The fraction of sp³-hybridized carbons (Fsp3) is 0.714. The smallest absolute Gasteiger partial charge is 0.343 e. The minimum absolute atomic E-state index is 0.173. The number of nitrogen functional groups attached to an aromatic ring is 1. The van der Waals surface area contributed by atoms with Crippen molar-refractivity contribution in [1.82, 2.24) is 9.78 Å². The van der Waals surface area contributed by atoms with Gasteiger partial charge in [-0.15, -0.1) is 0 Å².